The molecule has 0 spiro atoms. The van der Waals surface area contributed by atoms with Crippen LogP contribution in [-0.2, 0) is 15.7 Å². The molecule has 1 aromatic carbocycles. The smallest absolute Gasteiger partial charge is 0.374 e. The van der Waals surface area contributed by atoms with Gasteiger partial charge in [0.1, 0.15) is 0 Å². The van der Waals surface area contributed by atoms with Crippen LogP contribution >= 0.6 is 11.6 Å². The third-order valence-electron chi connectivity index (χ3n) is 4.60. The van der Waals surface area contributed by atoms with Gasteiger partial charge in [0.05, 0.1) is 48.0 Å². The molecule has 2 heterocycles. The quantitative estimate of drug-likeness (QED) is 0.800. The lowest BCUT2D eigenvalue weighted by Gasteiger charge is -2.25. The zero-order valence-electron chi connectivity index (χ0n) is 13.8. The van der Waals surface area contributed by atoms with E-state index in [9.17, 15) is 22.8 Å². The Bertz CT molecular complexity index is 728. The van der Waals surface area contributed by atoms with Gasteiger partial charge in [-0.1, -0.05) is 11.6 Å². The Balaban J connectivity index is 1.73. The number of ether oxygens (including phenoxy) is 1. The Morgan fingerprint density at radius 1 is 1.35 bits per heavy atom. The number of benzene rings is 1. The van der Waals surface area contributed by atoms with Crippen LogP contribution < -0.4 is 5.32 Å². The molecule has 2 aliphatic rings. The molecule has 0 bridgehead atoms. The number of nitrogens with one attached hydrogen (secondary N) is 1. The zero-order chi connectivity index (χ0) is 19.1. The average Bonchev–Trinajstić information content (AvgIpc) is 2.94. The lowest BCUT2D eigenvalue weighted by Crippen LogP contribution is -2.43. The summed E-state index contributed by atoms with van der Waals surface area (Å²) in [5.41, 5.74) is -1.03. The molecule has 1 aromatic rings. The summed E-state index contributed by atoms with van der Waals surface area (Å²) in [4.78, 5) is 27.3. The zero-order valence-corrected chi connectivity index (χ0v) is 14.6. The van der Waals surface area contributed by atoms with Crippen molar-refractivity contribution >= 4 is 29.2 Å². The summed E-state index contributed by atoms with van der Waals surface area (Å²) >= 11 is 5.90. The third-order valence-corrected chi connectivity index (χ3v) is 4.93. The first-order valence-electron chi connectivity index (χ1n) is 7.97. The topological polar surface area (TPSA) is 61.9 Å². The molecular weight excluding hydrogens is 375 g/mol. The van der Waals surface area contributed by atoms with Crippen molar-refractivity contribution in [2.24, 2.45) is 0 Å². The number of alkyl halides is 3. The van der Waals surface area contributed by atoms with Gasteiger partial charge in [-0.15, -0.1) is 0 Å². The van der Waals surface area contributed by atoms with E-state index in [0.29, 0.717) is 0 Å². The number of nitrogens with zero attached hydrogens (tertiary/aromatic N) is 2. The number of fused-ring (bicyclic) bond motifs is 1. The van der Waals surface area contributed by atoms with Crippen LogP contribution in [0.3, 0.4) is 0 Å². The molecule has 0 unspecified atom stereocenters. The average molecular weight is 392 g/mol. The first kappa shape index (κ1) is 18.8. The fraction of sp³-hybridized carbons (Fsp3) is 0.500. The third kappa shape index (κ3) is 3.73. The van der Waals surface area contributed by atoms with E-state index in [0.717, 1.165) is 18.2 Å². The molecule has 3 amide bonds. The monoisotopic (exact) mass is 391 g/mol. The van der Waals surface area contributed by atoms with Gasteiger partial charge in [-0.2, -0.15) is 13.2 Å². The first-order chi connectivity index (χ1) is 12.2. The normalized spacial score (nSPS) is 23.7. The van der Waals surface area contributed by atoms with Crippen molar-refractivity contribution in [2.45, 2.75) is 24.7 Å². The predicted molar refractivity (Wildman–Crippen MR) is 88.0 cm³/mol. The predicted octanol–water partition coefficient (Wildman–Crippen LogP) is 2.82. The van der Waals surface area contributed by atoms with Gasteiger partial charge in [0, 0.05) is 13.6 Å². The Morgan fingerprint density at radius 2 is 2.08 bits per heavy atom. The number of urea groups is 1. The van der Waals surface area contributed by atoms with Gasteiger partial charge in [0.2, 0.25) is 5.91 Å². The maximum absolute atomic E-state index is 12.8. The summed E-state index contributed by atoms with van der Waals surface area (Å²) in [5, 5.41) is 2.42. The van der Waals surface area contributed by atoms with Gasteiger partial charge in [0.25, 0.3) is 0 Å². The number of hydrogen-bond acceptors (Lipinski definition) is 3. The molecule has 0 aromatic heterocycles. The number of carbonyl (C=O) groups is 2. The van der Waals surface area contributed by atoms with Gasteiger partial charge >= 0.3 is 12.2 Å². The van der Waals surface area contributed by atoms with Crippen LogP contribution in [0.15, 0.2) is 18.2 Å². The van der Waals surface area contributed by atoms with Crippen molar-refractivity contribution in [2.75, 3.05) is 32.1 Å². The Labute approximate surface area is 152 Å². The number of hydrogen-bond donors (Lipinski definition) is 1. The van der Waals surface area contributed by atoms with E-state index < -0.39 is 17.8 Å². The second kappa shape index (κ2) is 6.96. The highest BCUT2D eigenvalue weighted by molar-refractivity contribution is 6.33. The number of anilines is 1. The highest BCUT2D eigenvalue weighted by atomic mass is 35.5. The fourth-order valence-corrected chi connectivity index (χ4v) is 3.27. The highest BCUT2D eigenvalue weighted by Gasteiger charge is 2.41. The largest absolute Gasteiger partial charge is 0.416 e. The molecule has 3 rings (SSSR count). The number of rotatable bonds is 1. The summed E-state index contributed by atoms with van der Waals surface area (Å²) in [6.07, 6.45) is -4.58. The summed E-state index contributed by atoms with van der Waals surface area (Å²) in [7, 11) is 1.65. The van der Waals surface area contributed by atoms with Gasteiger partial charge < -0.3 is 19.9 Å². The van der Waals surface area contributed by atoms with Gasteiger partial charge in [-0.25, -0.2) is 4.79 Å². The molecule has 2 atom stereocenters. The fourth-order valence-electron chi connectivity index (χ4n) is 3.11. The molecule has 0 radical (unpaired) electrons. The Morgan fingerprint density at radius 3 is 2.77 bits per heavy atom. The molecule has 1 N–H and O–H groups in total. The SMILES string of the molecule is CN1C(=O)CCO[C@H]2CN(C(=O)Nc3cc(C(F)(F)F)ccc3Cl)C[C@@H]21. The van der Waals surface area contributed by atoms with Gasteiger partial charge in [0.15, 0.2) is 0 Å². The second-order valence-corrected chi connectivity index (χ2v) is 6.67. The summed E-state index contributed by atoms with van der Waals surface area (Å²) in [6, 6.07) is 1.85. The summed E-state index contributed by atoms with van der Waals surface area (Å²) < 4.78 is 44.1. The van der Waals surface area contributed by atoms with Crippen LogP contribution in [-0.4, -0.2) is 60.6 Å². The Kier molecular flexibility index (Phi) is 5.03. The molecular formula is C16H17ClF3N3O3. The van der Waals surface area contributed by atoms with E-state index in [-0.39, 0.29) is 54.9 Å². The molecule has 10 heteroatoms. The van der Waals surface area contributed by atoms with E-state index in [1.807, 2.05) is 0 Å². The summed E-state index contributed by atoms with van der Waals surface area (Å²) in [6.45, 7) is 0.749. The van der Waals surface area contributed by atoms with Crippen LogP contribution in [0.5, 0.6) is 0 Å². The number of halogens is 4. The van der Waals surface area contributed by atoms with Crippen molar-refractivity contribution in [3.63, 3.8) is 0 Å². The maximum atomic E-state index is 12.8. The standard InChI is InChI=1S/C16H17ClF3N3O3/c1-22-12-7-23(8-13(12)26-5-4-14(22)24)15(25)21-11-6-9(16(18,19)20)2-3-10(11)17/h2-3,6,12-13H,4-5,7-8H2,1H3,(H,21,25)/t12-,13-/m0/s1. The van der Waals surface area contributed by atoms with Crippen molar-refractivity contribution in [3.05, 3.63) is 28.8 Å². The van der Waals surface area contributed by atoms with Gasteiger partial charge in [-0.3, -0.25) is 4.79 Å². The van der Waals surface area contributed by atoms with Crippen molar-refractivity contribution in [1.82, 2.24) is 9.80 Å². The lowest BCUT2D eigenvalue weighted by atomic mass is 10.2. The van der Waals surface area contributed by atoms with E-state index in [4.69, 9.17) is 16.3 Å². The molecule has 0 saturated carbocycles. The van der Waals surface area contributed by atoms with Crippen molar-refractivity contribution in [3.8, 4) is 0 Å². The van der Waals surface area contributed by atoms with Crippen molar-refractivity contribution < 1.29 is 27.5 Å². The molecule has 26 heavy (non-hydrogen) atoms. The van der Waals surface area contributed by atoms with E-state index in [2.05, 4.69) is 5.32 Å². The number of likely N-dealkylation sites (N-methyl/N-ethyl adjacent to an activating group) is 1. The van der Waals surface area contributed by atoms with Crippen LogP contribution in [0.1, 0.15) is 12.0 Å². The molecule has 142 valence electrons. The molecule has 0 aliphatic carbocycles. The lowest BCUT2D eigenvalue weighted by molar-refractivity contribution is -0.137. The van der Waals surface area contributed by atoms with Gasteiger partial charge in [-0.05, 0) is 18.2 Å². The second-order valence-electron chi connectivity index (χ2n) is 6.26. The molecule has 6 nitrogen and oxygen atoms in total. The minimum Gasteiger partial charge on any atom is -0.374 e. The molecule has 2 aliphatic heterocycles. The highest BCUT2D eigenvalue weighted by Crippen LogP contribution is 2.34. The van der Waals surface area contributed by atoms with E-state index in [1.54, 1.807) is 11.9 Å². The minimum absolute atomic E-state index is 0.00306. The number of carbonyl (C=O) groups excluding carboxylic acids is 2. The minimum atomic E-state index is -4.54. The Hall–Kier alpha value is -2.00. The van der Waals surface area contributed by atoms with E-state index >= 15 is 0 Å². The first-order valence-corrected chi connectivity index (χ1v) is 8.34. The number of amides is 3. The van der Waals surface area contributed by atoms with Crippen LogP contribution in [0.2, 0.25) is 5.02 Å². The van der Waals surface area contributed by atoms with E-state index in [1.165, 1.54) is 4.90 Å². The van der Waals surface area contributed by atoms with Crippen LogP contribution in [0.25, 0.3) is 0 Å². The van der Waals surface area contributed by atoms with Crippen LogP contribution in [0, 0.1) is 0 Å². The molecule has 2 saturated heterocycles. The molecule has 2 fully saturated rings. The van der Waals surface area contributed by atoms with Crippen LogP contribution in [0.4, 0.5) is 23.7 Å². The summed E-state index contributed by atoms with van der Waals surface area (Å²) in [5.74, 6) is -0.0688. The number of likely N-dealkylation sites (tertiary alicyclic amines) is 1. The maximum Gasteiger partial charge on any atom is 0.416 e. The van der Waals surface area contributed by atoms with Crippen molar-refractivity contribution in [1.29, 1.82) is 0 Å².